The number of nitrogens with one attached hydrogen (secondary N) is 2. The van der Waals surface area contributed by atoms with Crippen molar-refractivity contribution < 1.29 is 14.3 Å². The highest BCUT2D eigenvalue weighted by Gasteiger charge is 2.28. The van der Waals surface area contributed by atoms with Crippen molar-refractivity contribution in [2.24, 2.45) is 0 Å². The van der Waals surface area contributed by atoms with Crippen LogP contribution in [0.4, 0.5) is 11.4 Å². The molecule has 4 rings (SSSR count). The Labute approximate surface area is 214 Å². The second-order valence-electron chi connectivity index (χ2n) is 8.46. The fourth-order valence-electron chi connectivity index (χ4n) is 4.37. The predicted octanol–water partition coefficient (Wildman–Crippen LogP) is 4.90. The van der Waals surface area contributed by atoms with Crippen LogP contribution < -0.4 is 10.2 Å². The van der Waals surface area contributed by atoms with Gasteiger partial charge in [0.05, 0.1) is 18.8 Å². The normalized spacial score (nSPS) is 15.0. The smallest absolute Gasteiger partial charge is 0.356 e. The Bertz CT molecular complexity index is 1200. The highest BCUT2D eigenvalue weighted by atomic mass is 79.9. The van der Waals surface area contributed by atoms with Crippen molar-refractivity contribution in [3.63, 3.8) is 0 Å². The molecule has 2 aromatic carbocycles. The lowest BCUT2D eigenvalue weighted by Gasteiger charge is -2.39. The number of ether oxygens (including phenoxy) is 1. The first-order chi connectivity index (χ1) is 15.8. The van der Waals surface area contributed by atoms with E-state index < -0.39 is 5.97 Å². The molecule has 182 valence electrons. The topological polar surface area (TPSA) is 77.7 Å². The van der Waals surface area contributed by atoms with Gasteiger partial charge < -0.3 is 19.9 Å². The minimum absolute atomic E-state index is 0. The molecular formula is C25H30BrClN4O3. The Hall–Kier alpha value is -2.55. The number of benzene rings is 2. The van der Waals surface area contributed by atoms with E-state index in [1.807, 2.05) is 25.1 Å². The minimum atomic E-state index is -0.521. The Morgan fingerprint density at radius 2 is 1.82 bits per heavy atom. The maximum Gasteiger partial charge on any atom is 0.356 e. The summed E-state index contributed by atoms with van der Waals surface area (Å²) in [5.74, 6) is -0.673. The number of piperazine rings is 1. The van der Waals surface area contributed by atoms with E-state index in [-0.39, 0.29) is 30.0 Å². The van der Waals surface area contributed by atoms with Crippen molar-refractivity contribution in [1.82, 2.24) is 9.88 Å². The SMILES string of the molecule is COC(=O)c1[nH]c2ccc(Br)cc2c1NC(=O)C(C)N1CCN(c2cccc(C)c2C)CC1.Cl. The Morgan fingerprint density at radius 1 is 1.12 bits per heavy atom. The summed E-state index contributed by atoms with van der Waals surface area (Å²) in [6.07, 6.45) is 0. The summed E-state index contributed by atoms with van der Waals surface area (Å²) in [6, 6.07) is 11.7. The summed E-state index contributed by atoms with van der Waals surface area (Å²) < 4.78 is 5.78. The van der Waals surface area contributed by atoms with Gasteiger partial charge in [-0.1, -0.05) is 28.1 Å². The van der Waals surface area contributed by atoms with Gasteiger partial charge in [0, 0.05) is 47.2 Å². The third-order valence-corrected chi connectivity index (χ3v) is 7.05. The fraction of sp³-hybridized carbons (Fsp3) is 0.360. The average molecular weight is 550 g/mol. The molecule has 1 aliphatic heterocycles. The minimum Gasteiger partial charge on any atom is -0.464 e. The number of halogens is 2. The number of hydrogen-bond acceptors (Lipinski definition) is 5. The number of nitrogens with zero attached hydrogens (tertiary/aromatic N) is 2. The van der Waals surface area contributed by atoms with Gasteiger partial charge in [0.2, 0.25) is 5.91 Å². The molecule has 1 aliphatic rings. The van der Waals surface area contributed by atoms with Gasteiger partial charge in [-0.05, 0) is 56.2 Å². The van der Waals surface area contributed by atoms with Gasteiger partial charge in [0.15, 0.2) is 0 Å². The molecule has 7 nitrogen and oxygen atoms in total. The number of methoxy groups -OCH3 is 1. The lowest BCUT2D eigenvalue weighted by molar-refractivity contribution is -0.120. The molecule has 0 saturated carbocycles. The summed E-state index contributed by atoms with van der Waals surface area (Å²) >= 11 is 3.47. The molecule has 9 heteroatoms. The first-order valence-electron chi connectivity index (χ1n) is 11.1. The summed E-state index contributed by atoms with van der Waals surface area (Å²) in [5, 5.41) is 3.74. The first kappa shape index (κ1) is 26.1. The Kier molecular flexibility index (Phi) is 8.28. The fourth-order valence-corrected chi connectivity index (χ4v) is 4.73. The number of H-pyrrole nitrogens is 1. The number of carbonyl (C=O) groups excluding carboxylic acids is 2. The van der Waals surface area contributed by atoms with E-state index in [1.165, 1.54) is 23.9 Å². The Morgan fingerprint density at radius 3 is 2.50 bits per heavy atom. The molecule has 1 saturated heterocycles. The van der Waals surface area contributed by atoms with E-state index >= 15 is 0 Å². The van der Waals surface area contributed by atoms with Crippen molar-refractivity contribution in [2.45, 2.75) is 26.8 Å². The number of carbonyl (C=O) groups is 2. The summed E-state index contributed by atoms with van der Waals surface area (Å²) in [7, 11) is 1.33. The molecule has 2 N–H and O–H groups in total. The predicted molar refractivity (Wildman–Crippen MR) is 142 cm³/mol. The summed E-state index contributed by atoms with van der Waals surface area (Å²) in [4.78, 5) is 33.2. The number of anilines is 2. The van der Waals surface area contributed by atoms with E-state index in [0.717, 1.165) is 41.6 Å². The molecule has 1 amide bonds. The molecule has 1 aromatic heterocycles. The van der Waals surface area contributed by atoms with Crippen LogP contribution in [-0.4, -0.2) is 61.1 Å². The number of rotatable bonds is 5. The lowest BCUT2D eigenvalue weighted by atomic mass is 10.1. The number of aryl methyl sites for hydroxylation is 1. The van der Waals surface area contributed by atoms with Crippen LogP contribution in [0.2, 0.25) is 0 Å². The zero-order chi connectivity index (χ0) is 23.7. The maximum atomic E-state index is 13.2. The highest BCUT2D eigenvalue weighted by molar-refractivity contribution is 9.10. The monoisotopic (exact) mass is 548 g/mol. The standard InChI is InChI=1S/C25H29BrN4O3.ClH/c1-15-6-5-7-21(16(15)2)30-12-10-29(11-13-30)17(3)24(31)28-22-19-14-18(26)8-9-20(19)27-23(22)25(32)33-4;/h5-9,14,17,27H,10-13H2,1-4H3,(H,28,31);1H. The number of amides is 1. The van der Waals surface area contributed by atoms with Gasteiger partial charge in [-0.25, -0.2) is 4.79 Å². The average Bonchev–Trinajstić information content (AvgIpc) is 3.17. The summed E-state index contributed by atoms with van der Waals surface area (Å²) in [6.45, 7) is 9.48. The summed E-state index contributed by atoms with van der Waals surface area (Å²) in [5.41, 5.74) is 5.30. The molecule has 1 fully saturated rings. The zero-order valence-electron chi connectivity index (χ0n) is 19.8. The number of aromatic amines is 1. The van der Waals surface area contributed by atoms with Gasteiger partial charge in [0.1, 0.15) is 5.69 Å². The first-order valence-corrected chi connectivity index (χ1v) is 11.8. The van der Waals surface area contributed by atoms with Gasteiger partial charge in [0.25, 0.3) is 0 Å². The molecular weight excluding hydrogens is 520 g/mol. The highest BCUT2D eigenvalue weighted by Crippen LogP contribution is 2.31. The molecule has 0 aliphatic carbocycles. The van der Waals surface area contributed by atoms with Gasteiger partial charge in [-0.3, -0.25) is 9.69 Å². The van der Waals surface area contributed by atoms with Crippen molar-refractivity contribution >= 4 is 62.5 Å². The Balaban J connectivity index is 0.00000324. The van der Waals surface area contributed by atoms with Crippen LogP contribution in [0.1, 0.15) is 28.5 Å². The number of fused-ring (bicyclic) bond motifs is 1. The van der Waals surface area contributed by atoms with E-state index in [9.17, 15) is 9.59 Å². The van der Waals surface area contributed by atoms with Crippen molar-refractivity contribution in [3.05, 3.63) is 57.7 Å². The second kappa shape index (κ2) is 10.8. The van der Waals surface area contributed by atoms with Gasteiger partial charge in [-0.2, -0.15) is 0 Å². The largest absolute Gasteiger partial charge is 0.464 e. The van der Waals surface area contributed by atoms with E-state index in [4.69, 9.17) is 4.74 Å². The van der Waals surface area contributed by atoms with Crippen molar-refractivity contribution in [2.75, 3.05) is 43.5 Å². The van der Waals surface area contributed by atoms with Crippen molar-refractivity contribution in [1.29, 1.82) is 0 Å². The van der Waals surface area contributed by atoms with Crippen molar-refractivity contribution in [3.8, 4) is 0 Å². The third-order valence-electron chi connectivity index (χ3n) is 6.56. The van der Waals surface area contributed by atoms with E-state index in [2.05, 4.69) is 68.1 Å². The van der Waals surface area contributed by atoms with Crippen LogP contribution >= 0.6 is 28.3 Å². The van der Waals surface area contributed by atoms with Crippen LogP contribution in [0.5, 0.6) is 0 Å². The van der Waals surface area contributed by atoms with Gasteiger partial charge in [-0.15, -0.1) is 12.4 Å². The van der Waals surface area contributed by atoms with Crippen LogP contribution in [0.25, 0.3) is 10.9 Å². The molecule has 1 unspecified atom stereocenters. The molecule has 0 spiro atoms. The second-order valence-corrected chi connectivity index (χ2v) is 9.38. The number of aromatic nitrogens is 1. The van der Waals surface area contributed by atoms with E-state index in [0.29, 0.717) is 5.69 Å². The molecule has 2 heterocycles. The van der Waals surface area contributed by atoms with Crippen LogP contribution in [0.15, 0.2) is 40.9 Å². The maximum absolute atomic E-state index is 13.2. The van der Waals surface area contributed by atoms with Gasteiger partial charge >= 0.3 is 5.97 Å². The molecule has 34 heavy (non-hydrogen) atoms. The molecule has 1 atom stereocenters. The third kappa shape index (κ3) is 5.09. The number of esters is 1. The quantitative estimate of drug-likeness (QED) is 0.443. The molecule has 0 bridgehead atoms. The zero-order valence-corrected chi connectivity index (χ0v) is 22.2. The number of hydrogen-bond donors (Lipinski definition) is 2. The van der Waals surface area contributed by atoms with E-state index in [1.54, 1.807) is 0 Å². The molecule has 3 aromatic rings. The molecule has 0 radical (unpaired) electrons. The van der Waals surface area contributed by atoms with Crippen LogP contribution in [-0.2, 0) is 9.53 Å². The van der Waals surface area contributed by atoms with Crippen LogP contribution in [0, 0.1) is 13.8 Å². The lowest BCUT2D eigenvalue weighted by Crippen LogP contribution is -2.53. The van der Waals surface area contributed by atoms with Crippen LogP contribution in [0.3, 0.4) is 0 Å².